The van der Waals surface area contributed by atoms with Crippen molar-refractivity contribution in [2.24, 2.45) is 0 Å². The summed E-state index contributed by atoms with van der Waals surface area (Å²) in [4.78, 5) is 23.4. The van der Waals surface area contributed by atoms with Crippen LogP contribution < -0.4 is 5.32 Å². The van der Waals surface area contributed by atoms with Crippen molar-refractivity contribution in [1.82, 2.24) is 5.32 Å². The first-order valence-electron chi connectivity index (χ1n) is 33.0. The van der Waals surface area contributed by atoms with E-state index in [1.165, 1.54) is 199 Å². The summed E-state index contributed by atoms with van der Waals surface area (Å²) in [6.07, 6.45) is 84.2. The van der Waals surface area contributed by atoms with Crippen LogP contribution in [-0.2, 0) is 18.4 Å². The number of amides is 1. The van der Waals surface area contributed by atoms with Crippen molar-refractivity contribution in [1.29, 1.82) is 0 Å². The summed E-state index contributed by atoms with van der Waals surface area (Å²) in [5.41, 5.74) is 0. The molecule has 454 valence electrons. The number of phosphoric acid groups is 1. The molecule has 3 N–H and O–H groups in total. The van der Waals surface area contributed by atoms with E-state index in [4.69, 9.17) is 9.05 Å². The van der Waals surface area contributed by atoms with E-state index in [0.29, 0.717) is 17.4 Å². The van der Waals surface area contributed by atoms with Crippen LogP contribution in [0, 0.1) is 0 Å². The van der Waals surface area contributed by atoms with Gasteiger partial charge in [0.15, 0.2) is 0 Å². The highest BCUT2D eigenvalue weighted by atomic mass is 31.2. The highest BCUT2D eigenvalue weighted by molar-refractivity contribution is 7.47. The summed E-state index contributed by atoms with van der Waals surface area (Å²) in [6, 6.07) is -0.854. The van der Waals surface area contributed by atoms with Crippen molar-refractivity contribution < 1.29 is 32.9 Å². The largest absolute Gasteiger partial charge is 0.472 e. The van der Waals surface area contributed by atoms with E-state index in [1.807, 2.05) is 27.2 Å². The zero-order valence-electron chi connectivity index (χ0n) is 51.9. The SMILES string of the molecule is CC/C=C\C/C=C\C/C=C\C/C=C\C/C=C\C/C=C\CCCCCCCCCCCCCCC(=O)NC(COP(=O)(O)OCC[N+](C)(C)C)C(O)/C=C/CCCCCCCCCCCCCCCCCCCCCCCCC. The molecule has 0 aromatic rings. The standard InChI is InChI=1S/C69H127N2O6P/c1-6-8-10-12-14-16-18-20-22-24-26-28-30-32-33-34-35-36-37-39-41-43-45-47-49-51-53-55-57-59-61-63-69(73)70-67(66-77-78(74,75)76-65-64-71(3,4)5)68(72)62-60-58-56-54-52-50-48-46-44-42-40-38-31-29-27-25-23-21-19-17-15-13-11-9-7-2/h8,10,14,16,20,22,26,28,32-33,35-36,60,62,67-68,72H,6-7,9,11-13,15,17-19,21,23-25,27,29-31,34,37-59,61,63-66H2,1-5H3,(H-,70,73,74,75)/p+1/b10-8-,16-14-,22-20-,28-26-,33-32-,36-35-,62-60+. The Bertz CT molecular complexity index is 1550. The second-order valence-corrected chi connectivity index (χ2v) is 24.9. The number of phosphoric ester groups is 1. The Hall–Kier alpha value is -2.32. The first kappa shape index (κ1) is 75.7. The van der Waals surface area contributed by atoms with Gasteiger partial charge in [-0.3, -0.25) is 13.8 Å². The average molecular weight is 1110 g/mol. The van der Waals surface area contributed by atoms with Crippen molar-refractivity contribution >= 4 is 13.7 Å². The Morgan fingerprint density at radius 3 is 1.13 bits per heavy atom. The van der Waals surface area contributed by atoms with Gasteiger partial charge in [-0.05, 0) is 70.6 Å². The minimum atomic E-state index is -4.36. The van der Waals surface area contributed by atoms with Crippen LogP contribution in [0.5, 0.6) is 0 Å². The molecule has 0 aliphatic rings. The normalized spacial score (nSPS) is 14.3. The van der Waals surface area contributed by atoms with Gasteiger partial charge < -0.3 is 19.8 Å². The Morgan fingerprint density at radius 1 is 0.449 bits per heavy atom. The summed E-state index contributed by atoms with van der Waals surface area (Å²) in [5, 5.41) is 14.0. The number of likely N-dealkylation sites (N-methyl/N-ethyl adjacent to an activating group) is 1. The number of aliphatic hydroxyl groups excluding tert-OH is 1. The topological polar surface area (TPSA) is 105 Å². The van der Waals surface area contributed by atoms with Gasteiger partial charge >= 0.3 is 7.82 Å². The van der Waals surface area contributed by atoms with Gasteiger partial charge in [-0.25, -0.2) is 4.57 Å². The molecule has 0 heterocycles. The van der Waals surface area contributed by atoms with Crippen molar-refractivity contribution in [2.75, 3.05) is 40.9 Å². The summed E-state index contributed by atoms with van der Waals surface area (Å²) in [5.74, 6) is -0.179. The van der Waals surface area contributed by atoms with Crippen molar-refractivity contribution in [3.05, 3.63) is 85.1 Å². The molecule has 0 saturated carbocycles. The van der Waals surface area contributed by atoms with Gasteiger partial charge in [0.25, 0.3) is 0 Å². The fourth-order valence-electron chi connectivity index (χ4n) is 9.52. The smallest absolute Gasteiger partial charge is 0.387 e. The molecule has 0 spiro atoms. The van der Waals surface area contributed by atoms with Crippen LogP contribution in [-0.4, -0.2) is 73.4 Å². The van der Waals surface area contributed by atoms with E-state index < -0.39 is 20.0 Å². The number of unbranched alkanes of at least 4 members (excludes halogenated alkanes) is 35. The molecule has 0 aromatic heterocycles. The monoisotopic (exact) mass is 1110 g/mol. The van der Waals surface area contributed by atoms with Gasteiger partial charge in [-0.15, -0.1) is 0 Å². The van der Waals surface area contributed by atoms with Crippen molar-refractivity contribution in [3.63, 3.8) is 0 Å². The molecule has 8 nitrogen and oxygen atoms in total. The Morgan fingerprint density at radius 2 is 0.769 bits per heavy atom. The van der Waals surface area contributed by atoms with E-state index in [0.717, 1.165) is 77.0 Å². The zero-order valence-corrected chi connectivity index (χ0v) is 52.8. The van der Waals surface area contributed by atoms with Crippen LogP contribution in [0.15, 0.2) is 85.1 Å². The van der Waals surface area contributed by atoms with Gasteiger partial charge in [-0.2, -0.15) is 0 Å². The first-order chi connectivity index (χ1) is 38.0. The number of aliphatic hydroxyl groups is 1. The number of nitrogens with zero attached hydrogens (tertiary/aromatic N) is 1. The Balaban J connectivity index is 4.14. The fraction of sp³-hybridized carbons (Fsp3) is 0.783. The van der Waals surface area contributed by atoms with E-state index in [9.17, 15) is 19.4 Å². The van der Waals surface area contributed by atoms with E-state index in [2.05, 4.69) is 92.1 Å². The number of carbonyl (C=O) groups is 1. The third kappa shape index (κ3) is 61.3. The molecule has 9 heteroatoms. The summed E-state index contributed by atoms with van der Waals surface area (Å²) in [7, 11) is 1.57. The molecule has 3 atom stereocenters. The lowest BCUT2D eigenvalue weighted by Crippen LogP contribution is -2.45. The maximum Gasteiger partial charge on any atom is 0.472 e. The van der Waals surface area contributed by atoms with Gasteiger partial charge in [0.2, 0.25) is 5.91 Å². The first-order valence-corrected chi connectivity index (χ1v) is 34.5. The van der Waals surface area contributed by atoms with Crippen LogP contribution in [0.1, 0.15) is 296 Å². The predicted molar refractivity (Wildman–Crippen MR) is 341 cm³/mol. The minimum absolute atomic E-state index is 0.0587. The van der Waals surface area contributed by atoms with Gasteiger partial charge in [0.05, 0.1) is 39.9 Å². The summed E-state index contributed by atoms with van der Waals surface area (Å²) in [6.45, 7) is 4.73. The molecule has 78 heavy (non-hydrogen) atoms. The van der Waals surface area contributed by atoms with Crippen molar-refractivity contribution in [3.8, 4) is 0 Å². The minimum Gasteiger partial charge on any atom is -0.387 e. The Labute approximate surface area is 484 Å². The maximum atomic E-state index is 13.0. The molecule has 0 aliphatic heterocycles. The lowest BCUT2D eigenvalue weighted by atomic mass is 10.0. The van der Waals surface area contributed by atoms with Gasteiger partial charge in [0, 0.05) is 6.42 Å². The zero-order chi connectivity index (χ0) is 57.0. The van der Waals surface area contributed by atoms with Crippen LogP contribution in [0.2, 0.25) is 0 Å². The number of carbonyl (C=O) groups excluding carboxylic acids is 1. The van der Waals surface area contributed by atoms with E-state index >= 15 is 0 Å². The molecule has 0 rings (SSSR count). The molecular weight excluding hydrogens is 984 g/mol. The molecule has 0 fully saturated rings. The molecule has 0 radical (unpaired) electrons. The second-order valence-electron chi connectivity index (χ2n) is 23.5. The number of hydrogen-bond acceptors (Lipinski definition) is 5. The highest BCUT2D eigenvalue weighted by Crippen LogP contribution is 2.43. The summed E-state index contributed by atoms with van der Waals surface area (Å²) < 4.78 is 23.8. The van der Waals surface area contributed by atoms with Gasteiger partial charge in [0.1, 0.15) is 13.2 Å². The van der Waals surface area contributed by atoms with Crippen LogP contribution in [0.4, 0.5) is 0 Å². The molecule has 0 saturated heterocycles. The summed E-state index contributed by atoms with van der Waals surface area (Å²) >= 11 is 0. The number of hydrogen-bond donors (Lipinski definition) is 3. The molecule has 0 aliphatic carbocycles. The molecular formula is C69H128N2O6P+. The van der Waals surface area contributed by atoms with Crippen LogP contribution in [0.3, 0.4) is 0 Å². The fourth-order valence-corrected chi connectivity index (χ4v) is 10.3. The van der Waals surface area contributed by atoms with Crippen LogP contribution in [0.25, 0.3) is 0 Å². The predicted octanol–water partition coefficient (Wildman–Crippen LogP) is 20.8. The lowest BCUT2D eigenvalue weighted by molar-refractivity contribution is -0.870. The number of allylic oxidation sites excluding steroid dienone is 13. The highest BCUT2D eigenvalue weighted by Gasteiger charge is 2.28. The Kier molecular flexibility index (Phi) is 57.5. The van der Waals surface area contributed by atoms with Crippen molar-refractivity contribution in [2.45, 2.75) is 309 Å². The molecule has 3 unspecified atom stereocenters. The van der Waals surface area contributed by atoms with E-state index in [1.54, 1.807) is 6.08 Å². The number of quaternary nitrogens is 1. The molecule has 1 amide bonds. The maximum absolute atomic E-state index is 13.0. The number of rotatable bonds is 60. The quantitative estimate of drug-likeness (QED) is 0.0243. The van der Waals surface area contributed by atoms with Crippen LogP contribution >= 0.6 is 7.82 Å². The number of nitrogens with one attached hydrogen (secondary N) is 1. The third-order valence-corrected chi connectivity index (χ3v) is 15.6. The lowest BCUT2D eigenvalue weighted by Gasteiger charge is -2.25. The average Bonchev–Trinajstić information content (AvgIpc) is 3.41. The van der Waals surface area contributed by atoms with Gasteiger partial charge in [-0.1, -0.05) is 304 Å². The molecule has 0 aromatic carbocycles. The molecule has 0 bridgehead atoms. The third-order valence-electron chi connectivity index (χ3n) is 14.6. The van der Waals surface area contributed by atoms with E-state index in [-0.39, 0.29) is 19.1 Å². The second kappa shape index (κ2) is 59.3.